The van der Waals surface area contributed by atoms with Gasteiger partial charge < -0.3 is 5.73 Å². The van der Waals surface area contributed by atoms with E-state index in [-0.39, 0.29) is 0 Å². The highest BCUT2D eigenvalue weighted by molar-refractivity contribution is 5.88. The highest BCUT2D eigenvalue weighted by atomic mass is 14.6. The molecule has 0 aromatic heterocycles. The quantitative estimate of drug-likeness (QED) is 0.230. The minimum Gasteiger partial charge on any atom is -0.398 e. The van der Waals surface area contributed by atoms with Gasteiger partial charge in [-0.05, 0) is 83.8 Å². The SMILES string of the molecule is C/C=C\CCc1cccc(-c2cc(N)c(/C=C\C)c(-c3cccc(-c4ccccc4)c3)c2)c1. The smallest absolute Gasteiger partial charge is 0.0400 e. The number of nitrogen functional groups attached to an aromatic ring is 1. The summed E-state index contributed by atoms with van der Waals surface area (Å²) in [6.45, 7) is 4.10. The molecule has 0 spiro atoms. The minimum absolute atomic E-state index is 0.796. The van der Waals surface area contributed by atoms with Gasteiger partial charge >= 0.3 is 0 Å². The van der Waals surface area contributed by atoms with E-state index < -0.39 is 0 Å². The van der Waals surface area contributed by atoms with Crippen LogP contribution in [0.3, 0.4) is 0 Å². The van der Waals surface area contributed by atoms with Crippen LogP contribution in [0.4, 0.5) is 5.69 Å². The maximum Gasteiger partial charge on any atom is 0.0400 e. The Bertz CT molecular complexity index is 1280. The summed E-state index contributed by atoms with van der Waals surface area (Å²) in [4.78, 5) is 0. The van der Waals surface area contributed by atoms with Gasteiger partial charge in [-0.15, -0.1) is 0 Å². The molecule has 1 nitrogen and oxygen atoms in total. The molecule has 0 aliphatic carbocycles. The van der Waals surface area contributed by atoms with E-state index in [0.717, 1.165) is 35.2 Å². The fourth-order valence-electron chi connectivity index (χ4n) is 4.25. The summed E-state index contributed by atoms with van der Waals surface area (Å²) in [6.07, 6.45) is 10.6. The Morgan fingerprint density at radius 2 is 1.33 bits per heavy atom. The zero-order valence-corrected chi connectivity index (χ0v) is 19.5. The topological polar surface area (TPSA) is 26.0 Å². The van der Waals surface area contributed by atoms with Gasteiger partial charge in [-0.1, -0.05) is 97.1 Å². The summed E-state index contributed by atoms with van der Waals surface area (Å²) in [6, 6.07) is 32.4. The first-order chi connectivity index (χ1) is 16.2. The van der Waals surface area contributed by atoms with Gasteiger partial charge in [0.1, 0.15) is 0 Å². The zero-order chi connectivity index (χ0) is 23.0. The molecule has 1 heteroatoms. The average Bonchev–Trinajstić information content (AvgIpc) is 2.86. The van der Waals surface area contributed by atoms with Crippen molar-refractivity contribution in [2.45, 2.75) is 26.7 Å². The fraction of sp³-hybridized carbons (Fsp3) is 0.125. The minimum atomic E-state index is 0.796. The number of hydrogen-bond acceptors (Lipinski definition) is 1. The molecule has 0 aliphatic heterocycles. The molecule has 4 aromatic rings. The molecular formula is C32H31N. The number of anilines is 1. The molecule has 0 heterocycles. The van der Waals surface area contributed by atoms with Gasteiger partial charge in [-0.25, -0.2) is 0 Å². The van der Waals surface area contributed by atoms with Gasteiger partial charge in [0.05, 0.1) is 0 Å². The largest absolute Gasteiger partial charge is 0.398 e. The van der Waals surface area contributed by atoms with Crippen molar-refractivity contribution in [2.24, 2.45) is 0 Å². The van der Waals surface area contributed by atoms with E-state index in [2.05, 4.69) is 116 Å². The molecule has 0 atom stereocenters. The third kappa shape index (κ3) is 5.32. The molecule has 0 radical (unpaired) electrons. The molecule has 0 saturated carbocycles. The molecule has 4 rings (SSSR count). The predicted molar refractivity (Wildman–Crippen MR) is 145 cm³/mol. The van der Waals surface area contributed by atoms with Crippen LogP contribution in [-0.4, -0.2) is 0 Å². The van der Waals surface area contributed by atoms with Gasteiger partial charge in [0.15, 0.2) is 0 Å². The molecule has 0 saturated heterocycles. The van der Waals surface area contributed by atoms with E-state index in [4.69, 9.17) is 5.73 Å². The Morgan fingerprint density at radius 3 is 2.09 bits per heavy atom. The van der Waals surface area contributed by atoms with Crippen molar-refractivity contribution in [2.75, 3.05) is 5.73 Å². The molecule has 0 aliphatic rings. The van der Waals surface area contributed by atoms with Gasteiger partial charge in [-0.2, -0.15) is 0 Å². The van der Waals surface area contributed by atoms with E-state index in [0.29, 0.717) is 0 Å². The third-order valence-electron chi connectivity index (χ3n) is 5.92. The standard InChI is InChI=1S/C32H31N/c1-3-5-7-13-24-14-10-17-26(20-24)29-22-31(30(12-4-2)32(33)23-29)28-19-11-18-27(21-28)25-15-8-6-9-16-25/h3-6,8-12,14-23H,7,13,33H2,1-2H3/b5-3-,12-4-. The Hall–Kier alpha value is -3.84. The van der Waals surface area contributed by atoms with Gasteiger partial charge in [-0.3, -0.25) is 0 Å². The van der Waals surface area contributed by atoms with Gasteiger partial charge in [0, 0.05) is 11.3 Å². The van der Waals surface area contributed by atoms with Gasteiger partial charge in [0.2, 0.25) is 0 Å². The monoisotopic (exact) mass is 429 g/mol. The van der Waals surface area contributed by atoms with Crippen LogP contribution in [0, 0.1) is 0 Å². The third-order valence-corrected chi connectivity index (χ3v) is 5.92. The van der Waals surface area contributed by atoms with Gasteiger partial charge in [0.25, 0.3) is 0 Å². The first-order valence-corrected chi connectivity index (χ1v) is 11.6. The van der Waals surface area contributed by atoms with Crippen LogP contribution in [0.25, 0.3) is 39.5 Å². The summed E-state index contributed by atoms with van der Waals surface area (Å²) in [5.41, 5.74) is 16.9. The van der Waals surface area contributed by atoms with E-state index >= 15 is 0 Å². The normalized spacial score (nSPS) is 11.5. The fourth-order valence-corrected chi connectivity index (χ4v) is 4.25. The van der Waals surface area contributed by atoms with Crippen molar-refractivity contribution in [3.63, 3.8) is 0 Å². The Labute approximate surface area is 197 Å². The van der Waals surface area contributed by atoms with E-state index in [1.807, 2.05) is 13.0 Å². The molecule has 0 bridgehead atoms. The number of aryl methyl sites for hydroxylation is 1. The van der Waals surface area contributed by atoms with E-state index in [1.165, 1.54) is 27.8 Å². The van der Waals surface area contributed by atoms with Crippen LogP contribution in [-0.2, 0) is 6.42 Å². The number of rotatable bonds is 7. The van der Waals surface area contributed by atoms with Crippen LogP contribution < -0.4 is 5.73 Å². The number of nitrogens with two attached hydrogens (primary N) is 1. The summed E-state index contributed by atoms with van der Waals surface area (Å²) in [5, 5.41) is 0. The Kier molecular flexibility index (Phi) is 7.22. The molecule has 4 aromatic carbocycles. The summed E-state index contributed by atoms with van der Waals surface area (Å²) in [7, 11) is 0. The summed E-state index contributed by atoms with van der Waals surface area (Å²) >= 11 is 0. The number of benzene rings is 4. The predicted octanol–water partition coefficient (Wildman–Crippen LogP) is 8.81. The highest BCUT2D eigenvalue weighted by Crippen LogP contribution is 2.36. The molecular weight excluding hydrogens is 398 g/mol. The Balaban J connectivity index is 1.80. The molecule has 0 fully saturated rings. The van der Waals surface area contributed by atoms with Crippen molar-refractivity contribution in [1.82, 2.24) is 0 Å². The second-order valence-corrected chi connectivity index (χ2v) is 8.28. The Morgan fingerprint density at radius 1 is 0.636 bits per heavy atom. The molecule has 0 amide bonds. The second kappa shape index (κ2) is 10.7. The lowest BCUT2D eigenvalue weighted by Gasteiger charge is -2.15. The lowest BCUT2D eigenvalue weighted by molar-refractivity contribution is 1.000. The average molecular weight is 430 g/mol. The lowest BCUT2D eigenvalue weighted by Crippen LogP contribution is -1.95. The van der Waals surface area contributed by atoms with E-state index in [1.54, 1.807) is 0 Å². The van der Waals surface area contributed by atoms with Crippen LogP contribution in [0.15, 0.2) is 109 Å². The maximum absolute atomic E-state index is 6.61. The van der Waals surface area contributed by atoms with Crippen molar-refractivity contribution in [1.29, 1.82) is 0 Å². The molecule has 0 unspecified atom stereocenters. The number of allylic oxidation sites excluding steroid dienone is 3. The van der Waals surface area contributed by atoms with Crippen LogP contribution in [0.2, 0.25) is 0 Å². The zero-order valence-electron chi connectivity index (χ0n) is 19.5. The summed E-state index contributed by atoms with van der Waals surface area (Å²) < 4.78 is 0. The maximum atomic E-state index is 6.61. The molecule has 2 N–H and O–H groups in total. The van der Waals surface area contributed by atoms with Crippen molar-refractivity contribution < 1.29 is 0 Å². The van der Waals surface area contributed by atoms with Crippen molar-refractivity contribution >= 4 is 11.8 Å². The molecule has 33 heavy (non-hydrogen) atoms. The van der Waals surface area contributed by atoms with Crippen LogP contribution in [0.1, 0.15) is 31.4 Å². The number of hydrogen-bond donors (Lipinski definition) is 1. The first kappa shape index (κ1) is 22.4. The van der Waals surface area contributed by atoms with E-state index in [9.17, 15) is 0 Å². The lowest BCUT2D eigenvalue weighted by atomic mass is 9.91. The molecule has 164 valence electrons. The van der Waals surface area contributed by atoms with Crippen LogP contribution >= 0.6 is 0 Å². The van der Waals surface area contributed by atoms with Crippen molar-refractivity contribution in [3.05, 3.63) is 120 Å². The highest BCUT2D eigenvalue weighted by Gasteiger charge is 2.12. The van der Waals surface area contributed by atoms with Crippen molar-refractivity contribution in [3.8, 4) is 33.4 Å². The second-order valence-electron chi connectivity index (χ2n) is 8.28. The van der Waals surface area contributed by atoms with Crippen LogP contribution in [0.5, 0.6) is 0 Å². The summed E-state index contributed by atoms with van der Waals surface area (Å²) in [5.74, 6) is 0. The first-order valence-electron chi connectivity index (χ1n) is 11.6.